The summed E-state index contributed by atoms with van der Waals surface area (Å²) >= 11 is 0. The molecule has 0 saturated carbocycles. The number of amides is 1. The van der Waals surface area contributed by atoms with Gasteiger partial charge in [0, 0.05) is 5.69 Å². The van der Waals surface area contributed by atoms with Gasteiger partial charge in [-0.2, -0.15) is 5.26 Å². The van der Waals surface area contributed by atoms with Crippen LogP contribution in [0.2, 0.25) is 0 Å². The lowest BCUT2D eigenvalue weighted by Crippen LogP contribution is -2.13. The van der Waals surface area contributed by atoms with Crippen molar-refractivity contribution in [3.8, 4) is 17.6 Å². The normalized spacial score (nSPS) is 10.9. The maximum Gasteiger partial charge on any atom is 0.344 e. The molecule has 0 aliphatic rings. The molecule has 35 heavy (non-hydrogen) atoms. The third-order valence-corrected chi connectivity index (χ3v) is 5.19. The number of rotatable bonds is 7. The third-order valence-electron chi connectivity index (χ3n) is 5.19. The average Bonchev–Trinajstić information content (AvgIpc) is 2.89. The fraction of sp³-hybridized carbons (Fsp3) is 0.0690. The van der Waals surface area contributed by atoms with Gasteiger partial charge in [-0.3, -0.25) is 4.79 Å². The van der Waals surface area contributed by atoms with Gasteiger partial charge in [-0.05, 0) is 59.7 Å². The topological polar surface area (TPSA) is 88.4 Å². The maximum absolute atomic E-state index is 13.0. The van der Waals surface area contributed by atoms with Crippen LogP contribution in [0.3, 0.4) is 0 Å². The van der Waals surface area contributed by atoms with Crippen LogP contribution in [0, 0.1) is 11.3 Å². The first kappa shape index (κ1) is 23.3. The van der Waals surface area contributed by atoms with Gasteiger partial charge in [-0.1, -0.05) is 60.7 Å². The Morgan fingerprint density at radius 1 is 0.914 bits per heavy atom. The summed E-state index contributed by atoms with van der Waals surface area (Å²) in [7, 11) is 0. The number of nitrogens with one attached hydrogen (secondary N) is 1. The van der Waals surface area contributed by atoms with Crippen LogP contribution in [0.4, 0.5) is 5.69 Å². The van der Waals surface area contributed by atoms with E-state index >= 15 is 0 Å². The van der Waals surface area contributed by atoms with Crippen molar-refractivity contribution in [2.45, 2.75) is 6.92 Å². The summed E-state index contributed by atoms with van der Waals surface area (Å²) in [5, 5.41) is 13.9. The van der Waals surface area contributed by atoms with E-state index < -0.39 is 11.9 Å². The number of anilines is 1. The molecule has 0 aliphatic carbocycles. The van der Waals surface area contributed by atoms with Gasteiger partial charge in [0.1, 0.15) is 11.6 Å². The fourth-order valence-corrected chi connectivity index (χ4v) is 3.56. The number of ether oxygens (including phenoxy) is 2. The summed E-state index contributed by atoms with van der Waals surface area (Å²) in [5.41, 5.74) is 1.51. The number of fused-ring (bicyclic) bond motifs is 1. The number of para-hydroxylation sites is 1. The minimum absolute atomic E-state index is 0.0724. The molecule has 0 fully saturated rings. The van der Waals surface area contributed by atoms with E-state index in [2.05, 4.69) is 5.32 Å². The van der Waals surface area contributed by atoms with Crippen molar-refractivity contribution in [1.29, 1.82) is 5.26 Å². The highest BCUT2D eigenvalue weighted by Gasteiger charge is 2.16. The highest BCUT2D eigenvalue weighted by Crippen LogP contribution is 2.31. The molecule has 0 aliphatic heterocycles. The molecule has 0 spiro atoms. The Morgan fingerprint density at radius 2 is 1.66 bits per heavy atom. The number of carbonyl (C=O) groups is 2. The van der Waals surface area contributed by atoms with E-state index in [9.17, 15) is 14.9 Å². The van der Waals surface area contributed by atoms with Crippen molar-refractivity contribution < 1.29 is 19.1 Å². The zero-order valence-corrected chi connectivity index (χ0v) is 19.0. The van der Waals surface area contributed by atoms with E-state index in [1.165, 1.54) is 6.08 Å². The second-order valence-corrected chi connectivity index (χ2v) is 7.55. The lowest BCUT2D eigenvalue weighted by Gasteiger charge is -2.12. The highest BCUT2D eigenvalue weighted by atomic mass is 16.6. The lowest BCUT2D eigenvalue weighted by molar-refractivity contribution is -0.112. The molecule has 4 aromatic carbocycles. The molecule has 0 heterocycles. The Bertz CT molecular complexity index is 1450. The molecular weight excluding hydrogens is 440 g/mol. The van der Waals surface area contributed by atoms with Gasteiger partial charge in [0.05, 0.1) is 12.2 Å². The summed E-state index contributed by atoms with van der Waals surface area (Å²) in [6, 6.07) is 28.7. The van der Waals surface area contributed by atoms with Crippen LogP contribution in [0.15, 0.2) is 96.6 Å². The first-order valence-corrected chi connectivity index (χ1v) is 11.0. The summed E-state index contributed by atoms with van der Waals surface area (Å²) < 4.78 is 11.4. The van der Waals surface area contributed by atoms with Crippen LogP contribution in [-0.2, 0) is 4.79 Å². The van der Waals surface area contributed by atoms with Gasteiger partial charge in [0.15, 0.2) is 11.5 Å². The number of benzene rings is 4. The Morgan fingerprint density at radius 3 is 2.43 bits per heavy atom. The fourth-order valence-electron chi connectivity index (χ4n) is 3.56. The van der Waals surface area contributed by atoms with Crippen molar-refractivity contribution in [1.82, 2.24) is 0 Å². The quantitative estimate of drug-likeness (QED) is 0.157. The average molecular weight is 463 g/mol. The zero-order valence-electron chi connectivity index (χ0n) is 19.0. The van der Waals surface area contributed by atoms with E-state index in [1.54, 1.807) is 54.6 Å². The molecule has 0 atom stereocenters. The van der Waals surface area contributed by atoms with Crippen LogP contribution >= 0.6 is 0 Å². The summed E-state index contributed by atoms with van der Waals surface area (Å²) in [6.07, 6.45) is 1.46. The molecular formula is C29H22N2O4. The van der Waals surface area contributed by atoms with Crippen LogP contribution < -0.4 is 14.8 Å². The van der Waals surface area contributed by atoms with Crippen molar-refractivity contribution in [2.24, 2.45) is 0 Å². The second kappa shape index (κ2) is 10.8. The van der Waals surface area contributed by atoms with Crippen LogP contribution in [0.25, 0.3) is 16.8 Å². The predicted octanol–water partition coefficient (Wildman–Crippen LogP) is 6.00. The molecule has 1 amide bonds. The van der Waals surface area contributed by atoms with Gasteiger partial charge in [-0.25, -0.2) is 4.79 Å². The van der Waals surface area contributed by atoms with Crippen LogP contribution in [0.1, 0.15) is 22.8 Å². The smallest absolute Gasteiger partial charge is 0.344 e. The number of hydrogen-bond acceptors (Lipinski definition) is 5. The molecule has 0 bridgehead atoms. The summed E-state index contributed by atoms with van der Waals surface area (Å²) in [6.45, 7) is 2.15. The minimum Gasteiger partial charge on any atom is -0.490 e. The van der Waals surface area contributed by atoms with Crippen LogP contribution in [-0.4, -0.2) is 18.5 Å². The molecule has 1 N–H and O–H groups in total. The van der Waals surface area contributed by atoms with Gasteiger partial charge < -0.3 is 14.8 Å². The Kier molecular flexibility index (Phi) is 7.19. The van der Waals surface area contributed by atoms with E-state index in [4.69, 9.17) is 9.47 Å². The molecule has 4 aromatic rings. The van der Waals surface area contributed by atoms with Gasteiger partial charge in [0.2, 0.25) is 0 Å². The predicted molar refractivity (Wildman–Crippen MR) is 135 cm³/mol. The standard InChI is InChI=1S/C29H22N2O4/c1-2-34-27-18-20(17-22(19-30)28(32)31-23-11-4-3-5-12-23)15-16-26(27)35-29(33)25-14-8-10-21-9-6-7-13-24(21)25/h3-18H,2H2,1H3,(H,31,32)/b22-17+. The number of hydrogen-bond donors (Lipinski definition) is 1. The van der Waals surface area contributed by atoms with Gasteiger partial charge >= 0.3 is 5.97 Å². The molecule has 4 rings (SSSR count). The molecule has 0 aromatic heterocycles. The van der Waals surface area contributed by atoms with E-state index in [1.807, 2.05) is 49.4 Å². The molecule has 0 radical (unpaired) electrons. The van der Waals surface area contributed by atoms with Crippen molar-refractivity contribution in [3.05, 3.63) is 108 Å². The number of carbonyl (C=O) groups excluding carboxylic acids is 2. The molecule has 0 saturated heterocycles. The Hall–Kier alpha value is -4.89. The maximum atomic E-state index is 13.0. The molecule has 172 valence electrons. The minimum atomic E-state index is -0.525. The number of esters is 1. The molecule has 6 heteroatoms. The Balaban J connectivity index is 1.59. The SMILES string of the molecule is CCOc1cc(/C=C(\C#N)C(=O)Nc2ccccc2)ccc1OC(=O)c1cccc2ccccc12. The van der Waals surface area contributed by atoms with E-state index in [0.29, 0.717) is 29.2 Å². The molecule has 6 nitrogen and oxygen atoms in total. The first-order valence-electron chi connectivity index (χ1n) is 11.0. The van der Waals surface area contributed by atoms with Crippen LogP contribution in [0.5, 0.6) is 11.5 Å². The largest absolute Gasteiger partial charge is 0.490 e. The molecule has 0 unspecified atom stereocenters. The number of nitriles is 1. The lowest BCUT2D eigenvalue weighted by atomic mass is 10.0. The Labute approximate surface area is 203 Å². The first-order chi connectivity index (χ1) is 17.1. The van der Waals surface area contributed by atoms with Gasteiger partial charge in [0.25, 0.3) is 5.91 Å². The van der Waals surface area contributed by atoms with Gasteiger partial charge in [-0.15, -0.1) is 0 Å². The summed E-state index contributed by atoms with van der Waals surface area (Å²) in [4.78, 5) is 25.5. The summed E-state index contributed by atoms with van der Waals surface area (Å²) in [5.74, 6) is -0.459. The second-order valence-electron chi connectivity index (χ2n) is 7.55. The van der Waals surface area contributed by atoms with Crippen molar-refractivity contribution in [3.63, 3.8) is 0 Å². The highest BCUT2D eigenvalue weighted by molar-refractivity contribution is 6.09. The van der Waals surface area contributed by atoms with Crippen molar-refractivity contribution in [2.75, 3.05) is 11.9 Å². The van der Waals surface area contributed by atoms with E-state index in [-0.39, 0.29) is 11.3 Å². The zero-order chi connectivity index (χ0) is 24.6. The monoisotopic (exact) mass is 462 g/mol. The van der Waals surface area contributed by atoms with E-state index in [0.717, 1.165) is 10.8 Å². The van der Waals surface area contributed by atoms with Crippen molar-refractivity contribution >= 4 is 34.4 Å². The number of nitrogens with zero attached hydrogens (tertiary/aromatic N) is 1. The third kappa shape index (κ3) is 5.55.